The zero-order valence-corrected chi connectivity index (χ0v) is 20.7. The molecule has 4 heterocycles. The number of piperidine rings is 1. The van der Waals surface area contributed by atoms with E-state index in [1.807, 2.05) is 41.3 Å². The molecule has 0 saturated carbocycles. The number of rotatable bonds is 6. The summed E-state index contributed by atoms with van der Waals surface area (Å²) in [7, 11) is 0. The van der Waals surface area contributed by atoms with Crippen molar-refractivity contribution >= 4 is 51.0 Å². The van der Waals surface area contributed by atoms with E-state index in [0.717, 1.165) is 59.7 Å². The molecular formula is C25H23BrClN5O2. The Morgan fingerprint density at radius 2 is 2.06 bits per heavy atom. The lowest BCUT2D eigenvalue weighted by Crippen LogP contribution is -2.39. The van der Waals surface area contributed by atoms with Gasteiger partial charge in [0, 0.05) is 42.4 Å². The van der Waals surface area contributed by atoms with E-state index in [4.69, 9.17) is 21.0 Å². The summed E-state index contributed by atoms with van der Waals surface area (Å²) >= 11 is 9.97. The smallest absolute Gasteiger partial charge is 0.246 e. The molecule has 1 aromatic carbocycles. The minimum atomic E-state index is 0.0180. The molecule has 0 spiro atoms. The van der Waals surface area contributed by atoms with Gasteiger partial charge < -0.3 is 14.6 Å². The summed E-state index contributed by atoms with van der Waals surface area (Å²) in [5.41, 5.74) is 2.38. The van der Waals surface area contributed by atoms with Gasteiger partial charge in [0.15, 0.2) is 5.65 Å². The molecule has 174 valence electrons. The van der Waals surface area contributed by atoms with Crippen LogP contribution < -0.4 is 5.32 Å². The third-order valence-corrected chi connectivity index (χ3v) is 6.90. The number of fused-ring (bicyclic) bond motifs is 1. The van der Waals surface area contributed by atoms with Gasteiger partial charge in [0.2, 0.25) is 5.91 Å². The number of hydrogen-bond donors (Lipinski definition) is 1. The van der Waals surface area contributed by atoms with Crippen LogP contribution in [0.25, 0.3) is 23.0 Å². The number of nitrogens with one attached hydrogen (secondary N) is 1. The highest BCUT2D eigenvalue weighted by atomic mass is 79.9. The summed E-state index contributed by atoms with van der Waals surface area (Å²) in [5.74, 6) is 2.00. The maximum absolute atomic E-state index is 12.5. The van der Waals surface area contributed by atoms with Crippen molar-refractivity contribution in [3.05, 3.63) is 76.3 Å². The monoisotopic (exact) mass is 539 g/mol. The van der Waals surface area contributed by atoms with Crippen LogP contribution in [-0.4, -0.2) is 45.0 Å². The zero-order chi connectivity index (χ0) is 23.5. The van der Waals surface area contributed by atoms with E-state index in [1.165, 1.54) is 0 Å². The van der Waals surface area contributed by atoms with Crippen molar-refractivity contribution in [3.8, 4) is 11.3 Å². The Bertz CT molecular complexity index is 1330. The Kier molecular flexibility index (Phi) is 6.69. The van der Waals surface area contributed by atoms with Crippen LogP contribution >= 0.6 is 27.5 Å². The Morgan fingerprint density at radius 1 is 1.24 bits per heavy atom. The molecule has 1 aliphatic rings. The second-order valence-corrected chi connectivity index (χ2v) is 9.49. The Balaban J connectivity index is 1.25. The SMILES string of the molecule is O=C(C=Cc1ccco1)N1CCC(CNc2cc(-c3ccccc3Cl)nc3c(Br)cnn23)CC1. The quantitative estimate of drug-likeness (QED) is 0.314. The molecule has 34 heavy (non-hydrogen) atoms. The van der Waals surface area contributed by atoms with Crippen LogP contribution in [0.4, 0.5) is 5.82 Å². The maximum Gasteiger partial charge on any atom is 0.246 e. The van der Waals surface area contributed by atoms with Crippen molar-refractivity contribution in [2.24, 2.45) is 5.92 Å². The number of aromatic nitrogens is 3. The van der Waals surface area contributed by atoms with Crippen molar-refractivity contribution in [3.63, 3.8) is 0 Å². The van der Waals surface area contributed by atoms with Gasteiger partial charge in [-0.1, -0.05) is 29.8 Å². The van der Waals surface area contributed by atoms with Gasteiger partial charge in [0.05, 0.1) is 22.6 Å². The first-order valence-electron chi connectivity index (χ1n) is 11.1. The predicted molar refractivity (Wildman–Crippen MR) is 137 cm³/mol. The van der Waals surface area contributed by atoms with Crippen LogP contribution in [0.15, 0.2) is 69.9 Å². The van der Waals surface area contributed by atoms with Gasteiger partial charge in [-0.15, -0.1) is 0 Å². The highest BCUT2D eigenvalue weighted by Crippen LogP contribution is 2.30. The number of halogens is 2. The predicted octanol–water partition coefficient (Wildman–Crippen LogP) is 5.77. The maximum atomic E-state index is 12.5. The van der Waals surface area contributed by atoms with E-state index in [9.17, 15) is 4.79 Å². The molecule has 0 radical (unpaired) electrons. The van der Waals surface area contributed by atoms with Gasteiger partial charge in [-0.05, 0) is 59.0 Å². The highest BCUT2D eigenvalue weighted by Gasteiger charge is 2.22. The molecule has 1 saturated heterocycles. The molecule has 0 aliphatic carbocycles. The van der Waals surface area contributed by atoms with Gasteiger partial charge in [-0.3, -0.25) is 4.79 Å². The van der Waals surface area contributed by atoms with Crippen LogP contribution in [0.3, 0.4) is 0 Å². The summed E-state index contributed by atoms with van der Waals surface area (Å²) in [6.07, 6.45) is 8.49. The first-order valence-corrected chi connectivity index (χ1v) is 12.3. The van der Waals surface area contributed by atoms with E-state index in [0.29, 0.717) is 16.7 Å². The number of hydrogen-bond acceptors (Lipinski definition) is 5. The molecule has 7 nitrogen and oxygen atoms in total. The highest BCUT2D eigenvalue weighted by molar-refractivity contribution is 9.10. The van der Waals surface area contributed by atoms with Crippen LogP contribution in [-0.2, 0) is 4.79 Å². The third-order valence-electron chi connectivity index (χ3n) is 6.01. The average Bonchev–Trinajstić information content (AvgIpc) is 3.52. The number of likely N-dealkylation sites (tertiary alicyclic amines) is 1. The molecule has 4 aromatic rings. The second-order valence-electron chi connectivity index (χ2n) is 8.23. The summed E-state index contributed by atoms with van der Waals surface area (Å²) in [6, 6.07) is 13.3. The molecule has 5 rings (SSSR count). The fourth-order valence-electron chi connectivity index (χ4n) is 4.12. The average molecular weight is 541 g/mol. The van der Waals surface area contributed by atoms with Gasteiger partial charge in [-0.2, -0.15) is 9.61 Å². The summed E-state index contributed by atoms with van der Waals surface area (Å²) in [6.45, 7) is 2.25. The molecule has 1 aliphatic heterocycles. The number of furan rings is 1. The lowest BCUT2D eigenvalue weighted by Gasteiger charge is -2.31. The molecule has 1 amide bonds. The van der Waals surface area contributed by atoms with Crippen molar-refractivity contribution < 1.29 is 9.21 Å². The minimum absolute atomic E-state index is 0.0180. The van der Waals surface area contributed by atoms with Crippen molar-refractivity contribution in [2.75, 3.05) is 25.0 Å². The van der Waals surface area contributed by atoms with Crippen LogP contribution in [0, 0.1) is 5.92 Å². The molecule has 3 aromatic heterocycles. The van der Waals surface area contributed by atoms with E-state index in [-0.39, 0.29) is 5.91 Å². The molecule has 0 atom stereocenters. The first-order chi connectivity index (χ1) is 16.6. The standard InChI is InChI=1S/C25H23BrClN5O2/c26-20-16-29-32-23(14-22(30-25(20)32)19-5-1-2-6-21(19)27)28-15-17-9-11-31(12-10-17)24(33)8-7-18-4-3-13-34-18/h1-8,13-14,16-17,28H,9-12,15H2. The van der Waals surface area contributed by atoms with Crippen LogP contribution in [0.1, 0.15) is 18.6 Å². The molecule has 0 unspecified atom stereocenters. The summed E-state index contributed by atoms with van der Waals surface area (Å²) < 4.78 is 7.86. The number of nitrogens with zero attached hydrogens (tertiary/aromatic N) is 4. The number of benzene rings is 1. The van der Waals surface area contributed by atoms with E-state index >= 15 is 0 Å². The lowest BCUT2D eigenvalue weighted by molar-refractivity contribution is -0.127. The minimum Gasteiger partial charge on any atom is -0.465 e. The van der Waals surface area contributed by atoms with Crippen molar-refractivity contribution in [1.82, 2.24) is 19.5 Å². The van der Waals surface area contributed by atoms with E-state index in [2.05, 4.69) is 26.3 Å². The van der Waals surface area contributed by atoms with E-state index < -0.39 is 0 Å². The number of anilines is 1. The van der Waals surface area contributed by atoms with Crippen molar-refractivity contribution in [1.29, 1.82) is 0 Å². The Labute approximate surface area is 210 Å². The number of carbonyl (C=O) groups is 1. The molecular weight excluding hydrogens is 518 g/mol. The normalized spacial score (nSPS) is 14.8. The molecule has 1 N–H and O–H groups in total. The lowest BCUT2D eigenvalue weighted by atomic mass is 9.96. The topological polar surface area (TPSA) is 75.7 Å². The first kappa shape index (κ1) is 22.7. The van der Waals surface area contributed by atoms with E-state index in [1.54, 1.807) is 35.2 Å². The fraction of sp³-hybridized carbons (Fsp3) is 0.240. The Morgan fingerprint density at radius 3 is 2.82 bits per heavy atom. The van der Waals surface area contributed by atoms with Gasteiger partial charge in [0.1, 0.15) is 11.6 Å². The van der Waals surface area contributed by atoms with Gasteiger partial charge in [0.25, 0.3) is 0 Å². The fourth-order valence-corrected chi connectivity index (χ4v) is 4.70. The number of amides is 1. The molecule has 9 heteroatoms. The third kappa shape index (κ3) is 4.88. The summed E-state index contributed by atoms with van der Waals surface area (Å²) in [4.78, 5) is 19.1. The van der Waals surface area contributed by atoms with Gasteiger partial charge in [-0.25, -0.2) is 4.98 Å². The second kappa shape index (κ2) is 10.0. The zero-order valence-electron chi connectivity index (χ0n) is 18.3. The van der Waals surface area contributed by atoms with Crippen LogP contribution in [0.2, 0.25) is 5.02 Å². The molecule has 0 bridgehead atoms. The van der Waals surface area contributed by atoms with Crippen LogP contribution in [0.5, 0.6) is 0 Å². The van der Waals surface area contributed by atoms with Crippen molar-refractivity contribution in [2.45, 2.75) is 12.8 Å². The molecule has 1 fully saturated rings. The van der Waals surface area contributed by atoms with Gasteiger partial charge >= 0.3 is 0 Å². The largest absolute Gasteiger partial charge is 0.465 e. The Hall–Kier alpha value is -3.10. The summed E-state index contributed by atoms with van der Waals surface area (Å²) in [5, 5.41) is 8.67. The number of carbonyl (C=O) groups excluding carboxylic acids is 1.